The third kappa shape index (κ3) is 2.49. The van der Waals surface area contributed by atoms with Crippen molar-refractivity contribution in [2.45, 2.75) is 26.7 Å². The first-order chi connectivity index (χ1) is 8.24. The Balaban J connectivity index is 2.46. The van der Waals surface area contributed by atoms with E-state index in [1.165, 1.54) is 0 Å². The minimum Gasteiger partial charge on any atom is -0.506 e. The predicted octanol–water partition coefficient (Wildman–Crippen LogP) is 3.29. The molecule has 1 N–H and O–H groups in total. The summed E-state index contributed by atoms with van der Waals surface area (Å²) < 4.78 is 5.42. The van der Waals surface area contributed by atoms with Gasteiger partial charge in [-0.15, -0.1) is 0 Å². The monoisotopic (exact) mass is 231 g/mol. The van der Waals surface area contributed by atoms with Crippen molar-refractivity contribution in [2.24, 2.45) is 0 Å². The van der Waals surface area contributed by atoms with Crippen LogP contribution in [0, 0.1) is 0 Å². The van der Waals surface area contributed by atoms with Gasteiger partial charge in [-0.3, -0.25) is 0 Å². The largest absolute Gasteiger partial charge is 0.506 e. The van der Waals surface area contributed by atoms with Gasteiger partial charge in [-0.1, -0.05) is 13.3 Å². The number of nitrogens with zero attached hydrogens (tertiary/aromatic N) is 1. The molecule has 2 aromatic rings. The fourth-order valence-electron chi connectivity index (χ4n) is 1.86. The minimum atomic E-state index is 0.271. The summed E-state index contributed by atoms with van der Waals surface area (Å²) in [6.45, 7) is 4.66. The normalized spacial score (nSPS) is 10.7. The number of benzene rings is 1. The van der Waals surface area contributed by atoms with E-state index in [0.29, 0.717) is 6.61 Å². The lowest BCUT2D eigenvalue weighted by molar-refractivity contribution is 0.340. The molecule has 0 spiro atoms. The third-order valence-electron chi connectivity index (χ3n) is 2.64. The SMILES string of the molecule is CCCc1nc2ccc(OCC)cc2cc1O. The maximum atomic E-state index is 9.86. The average molecular weight is 231 g/mol. The van der Waals surface area contributed by atoms with Gasteiger partial charge in [0.1, 0.15) is 11.5 Å². The summed E-state index contributed by atoms with van der Waals surface area (Å²) in [4.78, 5) is 4.46. The van der Waals surface area contributed by atoms with E-state index in [0.717, 1.165) is 35.2 Å². The molecule has 90 valence electrons. The van der Waals surface area contributed by atoms with Crippen molar-refractivity contribution >= 4 is 10.9 Å². The summed E-state index contributed by atoms with van der Waals surface area (Å²) in [5, 5.41) is 10.8. The van der Waals surface area contributed by atoms with E-state index >= 15 is 0 Å². The number of aromatic nitrogens is 1. The molecule has 0 aliphatic rings. The molecule has 0 saturated carbocycles. The Morgan fingerprint density at radius 3 is 2.76 bits per heavy atom. The van der Waals surface area contributed by atoms with Crippen molar-refractivity contribution in [3.05, 3.63) is 30.0 Å². The van der Waals surface area contributed by atoms with Crippen LogP contribution >= 0.6 is 0 Å². The number of aryl methyl sites for hydroxylation is 1. The van der Waals surface area contributed by atoms with Crippen molar-refractivity contribution in [3.63, 3.8) is 0 Å². The lowest BCUT2D eigenvalue weighted by Crippen LogP contribution is -1.93. The number of fused-ring (bicyclic) bond motifs is 1. The van der Waals surface area contributed by atoms with E-state index < -0.39 is 0 Å². The van der Waals surface area contributed by atoms with E-state index in [1.54, 1.807) is 6.07 Å². The van der Waals surface area contributed by atoms with Crippen LogP contribution in [-0.2, 0) is 6.42 Å². The van der Waals surface area contributed by atoms with Crippen molar-refractivity contribution in [1.82, 2.24) is 4.98 Å². The predicted molar refractivity (Wildman–Crippen MR) is 68.6 cm³/mol. The van der Waals surface area contributed by atoms with Crippen LogP contribution in [0.25, 0.3) is 10.9 Å². The van der Waals surface area contributed by atoms with Crippen molar-refractivity contribution in [3.8, 4) is 11.5 Å². The maximum Gasteiger partial charge on any atom is 0.137 e. The Morgan fingerprint density at radius 2 is 2.06 bits per heavy atom. The van der Waals surface area contributed by atoms with Gasteiger partial charge in [0.2, 0.25) is 0 Å². The number of ether oxygens (including phenoxy) is 1. The zero-order valence-electron chi connectivity index (χ0n) is 10.2. The molecule has 1 aromatic heterocycles. The van der Waals surface area contributed by atoms with Gasteiger partial charge < -0.3 is 9.84 Å². The summed E-state index contributed by atoms with van der Waals surface area (Å²) in [5.74, 6) is 1.08. The van der Waals surface area contributed by atoms with Crippen LogP contribution in [0.15, 0.2) is 24.3 Å². The molecule has 0 aliphatic carbocycles. The maximum absolute atomic E-state index is 9.86. The Hall–Kier alpha value is -1.77. The zero-order chi connectivity index (χ0) is 12.3. The summed E-state index contributed by atoms with van der Waals surface area (Å²) in [7, 11) is 0. The van der Waals surface area contributed by atoms with Crippen molar-refractivity contribution < 1.29 is 9.84 Å². The van der Waals surface area contributed by atoms with Crippen LogP contribution in [0.3, 0.4) is 0 Å². The third-order valence-corrected chi connectivity index (χ3v) is 2.64. The van der Waals surface area contributed by atoms with Crippen LogP contribution in [0.1, 0.15) is 26.0 Å². The molecule has 0 unspecified atom stereocenters. The van der Waals surface area contributed by atoms with Gasteiger partial charge in [0.25, 0.3) is 0 Å². The first-order valence-corrected chi connectivity index (χ1v) is 6.00. The van der Waals surface area contributed by atoms with Crippen LogP contribution in [0.2, 0.25) is 0 Å². The van der Waals surface area contributed by atoms with Gasteiger partial charge in [0.05, 0.1) is 17.8 Å². The second-order valence-corrected chi connectivity index (χ2v) is 3.99. The summed E-state index contributed by atoms with van der Waals surface area (Å²) in [6, 6.07) is 7.50. The van der Waals surface area contributed by atoms with E-state index in [2.05, 4.69) is 11.9 Å². The van der Waals surface area contributed by atoms with Crippen molar-refractivity contribution in [2.75, 3.05) is 6.61 Å². The Kier molecular flexibility index (Phi) is 3.47. The van der Waals surface area contributed by atoms with Gasteiger partial charge >= 0.3 is 0 Å². The number of aromatic hydroxyl groups is 1. The highest BCUT2D eigenvalue weighted by molar-refractivity contribution is 5.81. The smallest absolute Gasteiger partial charge is 0.137 e. The quantitative estimate of drug-likeness (QED) is 0.878. The number of hydrogen-bond donors (Lipinski definition) is 1. The van der Waals surface area contributed by atoms with Gasteiger partial charge in [0, 0.05) is 5.39 Å². The highest BCUT2D eigenvalue weighted by Gasteiger charge is 2.06. The topological polar surface area (TPSA) is 42.4 Å². The fourth-order valence-corrected chi connectivity index (χ4v) is 1.86. The molecule has 0 radical (unpaired) electrons. The lowest BCUT2D eigenvalue weighted by atomic mass is 10.1. The molecule has 2 rings (SSSR count). The standard InChI is InChI=1S/C14H17NO2/c1-3-5-13-14(16)9-10-8-11(17-4-2)6-7-12(10)15-13/h6-9,16H,3-5H2,1-2H3. The van der Waals surface area contributed by atoms with Gasteiger partial charge in [-0.2, -0.15) is 0 Å². The first kappa shape index (κ1) is 11.7. The molecule has 1 heterocycles. The lowest BCUT2D eigenvalue weighted by Gasteiger charge is -2.07. The number of rotatable bonds is 4. The van der Waals surface area contributed by atoms with Crippen LogP contribution < -0.4 is 4.74 Å². The molecule has 17 heavy (non-hydrogen) atoms. The van der Waals surface area contributed by atoms with Crippen LogP contribution in [-0.4, -0.2) is 16.7 Å². The second-order valence-electron chi connectivity index (χ2n) is 3.99. The molecule has 0 aliphatic heterocycles. The highest BCUT2D eigenvalue weighted by Crippen LogP contribution is 2.26. The molecule has 0 atom stereocenters. The number of hydrogen-bond acceptors (Lipinski definition) is 3. The molecule has 1 aromatic carbocycles. The zero-order valence-corrected chi connectivity index (χ0v) is 10.2. The summed E-state index contributed by atoms with van der Waals surface area (Å²) >= 11 is 0. The molecule has 0 fully saturated rings. The number of pyridine rings is 1. The van der Waals surface area contributed by atoms with Crippen LogP contribution in [0.4, 0.5) is 0 Å². The highest BCUT2D eigenvalue weighted by atomic mass is 16.5. The Bertz CT molecular complexity index is 523. The first-order valence-electron chi connectivity index (χ1n) is 6.00. The summed E-state index contributed by atoms with van der Waals surface area (Å²) in [6.07, 6.45) is 1.78. The molecule has 3 nitrogen and oxygen atoms in total. The average Bonchev–Trinajstić information content (AvgIpc) is 2.31. The molecule has 0 bridgehead atoms. The second kappa shape index (κ2) is 5.04. The molecular weight excluding hydrogens is 214 g/mol. The minimum absolute atomic E-state index is 0.271. The van der Waals surface area contributed by atoms with E-state index in [4.69, 9.17) is 4.74 Å². The van der Waals surface area contributed by atoms with Crippen LogP contribution in [0.5, 0.6) is 11.5 Å². The van der Waals surface area contributed by atoms with Gasteiger partial charge in [-0.05, 0) is 37.6 Å². The van der Waals surface area contributed by atoms with E-state index in [9.17, 15) is 5.11 Å². The van der Waals surface area contributed by atoms with Gasteiger partial charge in [0.15, 0.2) is 0 Å². The van der Waals surface area contributed by atoms with Crippen molar-refractivity contribution in [1.29, 1.82) is 0 Å². The Labute approximate surface area is 101 Å². The summed E-state index contributed by atoms with van der Waals surface area (Å²) in [5.41, 5.74) is 1.67. The molecule has 3 heteroatoms. The van der Waals surface area contributed by atoms with E-state index in [1.807, 2.05) is 25.1 Å². The fraction of sp³-hybridized carbons (Fsp3) is 0.357. The molecular formula is C14H17NO2. The van der Waals surface area contributed by atoms with E-state index in [-0.39, 0.29) is 5.75 Å². The Morgan fingerprint density at radius 1 is 1.24 bits per heavy atom. The molecule has 0 amide bonds. The van der Waals surface area contributed by atoms with Gasteiger partial charge in [-0.25, -0.2) is 4.98 Å². The molecule has 0 saturated heterocycles.